The first kappa shape index (κ1) is 9.38. The predicted molar refractivity (Wildman–Crippen MR) is 50.5 cm³/mol. The van der Waals surface area contributed by atoms with Gasteiger partial charge in [0.1, 0.15) is 24.1 Å². The molecule has 7 nitrogen and oxygen atoms in total. The van der Waals surface area contributed by atoms with Gasteiger partial charge in [-0.1, -0.05) is 5.16 Å². The maximum absolute atomic E-state index is 10.5. The molecule has 0 aromatic carbocycles. The minimum Gasteiger partial charge on any atom is -0.480 e. The van der Waals surface area contributed by atoms with Crippen molar-refractivity contribution < 1.29 is 14.4 Å². The van der Waals surface area contributed by atoms with Crippen LogP contribution in [0.2, 0.25) is 0 Å². The van der Waals surface area contributed by atoms with E-state index in [1.165, 1.54) is 17.4 Å². The van der Waals surface area contributed by atoms with E-state index in [9.17, 15) is 4.79 Å². The summed E-state index contributed by atoms with van der Waals surface area (Å²) in [7, 11) is 1.63. The lowest BCUT2D eigenvalue weighted by molar-refractivity contribution is -0.135. The van der Waals surface area contributed by atoms with Crippen LogP contribution in [0.25, 0.3) is 11.1 Å². The van der Waals surface area contributed by atoms with Gasteiger partial charge in [-0.05, 0) is 0 Å². The van der Waals surface area contributed by atoms with Crippen molar-refractivity contribution >= 4 is 22.9 Å². The molecule has 2 rings (SSSR count). The number of carbonyl (C=O) groups is 1. The normalized spacial score (nSPS) is 10.5. The lowest BCUT2D eigenvalue weighted by Gasteiger charge is -2.14. The molecule has 0 radical (unpaired) electrons. The fourth-order valence-electron chi connectivity index (χ4n) is 1.27. The summed E-state index contributed by atoms with van der Waals surface area (Å²) < 4.78 is 4.84. The minimum atomic E-state index is -0.930. The van der Waals surface area contributed by atoms with E-state index in [1.54, 1.807) is 7.05 Å². The summed E-state index contributed by atoms with van der Waals surface area (Å²) in [6, 6.07) is 0. The number of likely N-dealkylation sites (N-methyl/N-ethyl adjacent to an activating group) is 1. The van der Waals surface area contributed by atoms with Gasteiger partial charge in [0, 0.05) is 7.05 Å². The molecule has 0 atom stereocenters. The lowest BCUT2D eigenvalue weighted by atomic mass is 10.4. The van der Waals surface area contributed by atoms with Crippen LogP contribution in [0.1, 0.15) is 0 Å². The van der Waals surface area contributed by atoms with Gasteiger partial charge in [0.05, 0.1) is 6.20 Å². The number of aromatic nitrogens is 3. The van der Waals surface area contributed by atoms with Crippen LogP contribution < -0.4 is 4.90 Å². The summed E-state index contributed by atoms with van der Waals surface area (Å²) in [5.41, 5.74) is 0.345. The van der Waals surface area contributed by atoms with E-state index in [4.69, 9.17) is 9.63 Å². The predicted octanol–water partition coefficient (Wildman–Crippen LogP) is 0.139. The van der Waals surface area contributed by atoms with Crippen LogP contribution in [0.4, 0.5) is 5.82 Å². The number of carboxylic acids is 1. The Morgan fingerprint density at radius 1 is 1.60 bits per heavy atom. The van der Waals surface area contributed by atoms with Crippen molar-refractivity contribution in [1.29, 1.82) is 0 Å². The van der Waals surface area contributed by atoms with E-state index in [2.05, 4.69) is 15.1 Å². The van der Waals surface area contributed by atoms with Gasteiger partial charge in [0.15, 0.2) is 0 Å². The molecule has 0 saturated heterocycles. The molecule has 0 aliphatic carbocycles. The van der Waals surface area contributed by atoms with Gasteiger partial charge in [-0.3, -0.25) is 4.79 Å². The van der Waals surface area contributed by atoms with Gasteiger partial charge in [0.25, 0.3) is 5.71 Å². The number of hydrogen-bond acceptors (Lipinski definition) is 6. The van der Waals surface area contributed by atoms with Crippen LogP contribution in [-0.4, -0.2) is 39.8 Å². The monoisotopic (exact) mass is 208 g/mol. The highest BCUT2D eigenvalue weighted by Crippen LogP contribution is 2.20. The van der Waals surface area contributed by atoms with Gasteiger partial charge < -0.3 is 14.5 Å². The number of hydrogen-bond donors (Lipinski definition) is 1. The SMILES string of the molecule is CN(CC(=O)O)c1ncnc2oncc12. The molecule has 1 N–H and O–H groups in total. The third kappa shape index (κ3) is 1.71. The first-order chi connectivity index (χ1) is 7.18. The molecule has 0 aliphatic heterocycles. The number of fused-ring (bicyclic) bond motifs is 1. The largest absolute Gasteiger partial charge is 0.480 e. The number of carboxylic acid groups (broad SMARTS) is 1. The molecule has 0 amide bonds. The van der Waals surface area contributed by atoms with Crippen molar-refractivity contribution in [3.8, 4) is 0 Å². The Hall–Kier alpha value is -2.18. The minimum absolute atomic E-state index is 0.142. The zero-order chi connectivity index (χ0) is 10.8. The van der Waals surface area contributed by atoms with E-state index in [-0.39, 0.29) is 6.54 Å². The molecule has 2 heterocycles. The molecule has 0 saturated carbocycles. The van der Waals surface area contributed by atoms with Crippen molar-refractivity contribution in [1.82, 2.24) is 15.1 Å². The topological polar surface area (TPSA) is 92.4 Å². The molecule has 7 heteroatoms. The maximum atomic E-state index is 10.5. The van der Waals surface area contributed by atoms with Crippen LogP contribution in [0.3, 0.4) is 0 Å². The van der Waals surface area contributed by atoms with E-state index >= 15 is 0 Å². The van der Waals surface area contributed by atoms with Crippen molar-refractivity contribution in [2.24, 2.45) is 0 Å². The van der Waals surface area contributed by atoms with Crippen molar-refractivity contribution in [2.75, 3.05) is 18.5 Å². The van der Waals surface area contributed by atoms with Crippen LogP contribution in [-0.2, 0) is 4.79 Å². The Labute approximate surface area is 84.3 Å². The maximum Gasteiger partial charge on any atom is 0.323 e. The van der Waals surface area contributed by atoms with Crippen molar-refractivity contribution in [3.63, 3.8) is 0 Å². The number of anilines is 1. The average molecular weight is 208 g/mol. The van der Waals surface area contributed by atoms with Gasteiger partial charge >= 0.3 is 5.97 Å². The Morgan fingerprint density at radius 2 is 2.40 bits per heavy atom. The fraction of sp³-hybridized carbons (Fsp3) is 0.250. The highest BCUT2D eigenvalue weighted by atomic mass is 16.5. The summed E-state index contributed by atoms with van der Waals surface area (Å²) in [6.07, 6.45) is 2.77. The van der Waals surface area contributed by atoms with Gasteiger partial charge in [-0.15, -0.1) is 0 Å². The summed E-state index contributed by atoms with van der Waals surface area (Å²) in [6.45, 7) is -0.142. The third-order valence-electron chi connectivity index (χ3n) is 1.88. The average Bonchev–Trinajstić information content (AvgIpc) is 2.63. The molecule has 0 spiro atoms. The third-order valence-corrected chi connectivity index (χ3v) is 1.88. The Balaban J connectivity index is 2.42. The molecule has 0 bridgehead atoms. The molecule has 78 valence electrons. The molecule has 15 heavy (non-hydrogen) atoms. The van der Waals surface area contributed by atoms with Crippen LogP contribution >= 0.6 is 0 Å². The van der Waals surface area contributed by atoms with Crippen molar-refractivity contribution in [2.45, 2.75) is 0 Å². The summed E-state index contributed by atoms with van der Waals surface area (Å²) in [4.78, 5) is 19.9. The smallest absolute Gasteiger partial charge is 0.323 e. The second-order valence-corrected chi connectivity index (χ2v) is 2.99. The molecule has 0 unspecified atom stereocenters. The summed E-state index contributed by atoms with van der Waals surface area (Å²) >= 11 is 0. The van der Waals surface area contributed by atoms with Gasteiger partial charge in [-0.25, -0.2) is 4.98 Å². The number of rotatable bonds is 3. The molecule has 2 aromatic rings. The molecular formula is C8H8N4O3. The van der Waals surface area contributed by atoms with Crippen LogP contribution in [0, 0.1) is 0 Å². The zero-order valence-electron chi connectivity index (χ0n) is 7.91. The quantitative estimate of drug-likeness (QED) is 0.766. The van der Waals surface area contributed by atoms with E-state index in [0.717, 1.165) is 0 Å². The second-order valence-electron chi connectivity index (χ2n) is 2.99. The van der Waals surface area contributed by atoms with Crippen LogP contribution in [0.15, 0.2) is 17.0 Å². The van der Waals surface area contributed by atoms with Crippen molar-refractivity contribution in [3.05, 3.63) is 12.5 Å². The first-order valence-corrected chi connectivity index (χ1v) is 4.17. The first-order valence-electron chi connectivity index (χ1n) is 4.17. The lowest BCUT2D eigenvalue weighted by Crippen LogP contribution is -2.26. The van der Waals surface area contributed by atoms with Gasteiger partial charge in [-0.2, -0.15) is 4.98 Å². The van der Waals surface area contributed by atoms with Crippen LogP contribution in [0.5, 0.6) is 0 Å². The molecular weight excluding hydrogens is 200 g/mol. The molecule has 0 fully saturated rings. The van der Waals surface area contributed by atoms with Gasteiger partial charge in [0.2, 0.25) is 0 Å². The Morgan fingerprint density at radius 3 is 3.13 bits per heavy atom. The molecule has 0 aliphatic rings. The fourth-order valence-corrected chi connectivity index (χ4v) is 1.27. The van der Waals surface area contributed by atoms with E-state index < -0.39 is 5.97 Å². The standard InChI is InChI=1S/C8H8N4O3/c1-12(3-6(13)14)7-5-2-11-15-8(5)10-4-9-7/h2,4H,3H2,1H3,(H,13,14). The number of aliphatic carboxylic acids is 1. The second kappa shape index (κ2) is 3.52. The molecule has 2 aromatic heterocycles. The highest BCUT2D eigenvalue weighted by molar-refractivity contribution is 5.86. The van der Waals surface area contributed by atoms with E-state index in [1.807, 2.05) is 0 Å². The van der Waals surface area contributed by atoms with E-state index in [0.29, 0.717) is 16.9 Å². The Kier molecular flexibility index (Phi) is 2.20. The number of nitrogens with zero attached hydrogens (tertiary/aromatic N) is 4. The summed E-state index contributed by atoms with van der Waals surface area (Å²) in [5.74, 6) is -0.440. The zero-order valence-corrected chi connectivity index (χ0v) is 7.91. The summed E-state index contributed by atoms with van der Waals surface area (Å²) in [5, 5.41) is 12.8. The highest BCUT2D eigenvalue weighted by Gasteiger charge is 2.13. The Bertz CT molecular complexity index is 495.